The Labute approximate surface area is 67.9 Å². The van der Waals surface area contributed by atoms with Crippen molar-refractivity contribution in [1.82, 2.24) is 0 Å². The van der Waals surface area contributed by atoms with Crippen LogP contribution in [0.4, 0.5) is 0 Å². The van der Waals surface area contributed by atoms with Gasteiger partial charge in [-0.25, -0.2) is 9.59 Å². The minimum Gasteiger partial charge on any atom is -0.327 e. The fourth-order valence-corrected chi connectivity index (χ4v) is 0.837. The molecular formula is C6H6N2O4. The summed E-state index contributed by atoms with van der Waals surface area (Å²) in [7, 11) is 0. The molecule has 6 heteroatoms. The van der Waals surface area contributed by atoms with Gasteiger partial charge in [0.2, 0.25) is 12.2 Å². The molecule has 0 aliphatic carbocycles. The average Bonchev–Trinajstić information content (AvgIpc) is 2.51. The molecule has 0 atom stereocenters. The number of isocyanates is 2. The summed E-state index contributed by atoms with van der Waals surface area (Å²) in [5.74, 6) is -1.43. The molecule has 1 aliphatic heterocycles. The number of rotatable bonds is 3. The molecule has 0 N–H and O–H groups in total. The Kier molecular flexibility index (Phi) is 2.85. The molecule has 1 rings (SSSR count). The fourth-order valence-electron chi connectivity index (χ4n) is 0.837. The van der Waals surface area contributed by atoms with E-state index in [2.05, 4.69) is 9.98 Å². The SMILES string of the molecule is O=C=NCC1(N=C=O)OCCO1. The van der Waals surface area contributed by atoms with Crippen molar-refractivity contribution in [3.63, 3.8) is 0 Å². The number of hydrogen-bond donors (Lipinski definition) is 0. The predicted molar refractivity (Wildman–Crippen MR) is 35.7 cm³/mol. The van der Waals surface area contributed by atoms with Crippen molar-refractivity contribution in [2.75, 3.05) is 19.8 Å². The Bertz CT molecular complexity index is 246. The molecular weight excluding hydrogens is 164 g/mol. The number of aliphatic imine (C=N–C) groups is 2. The van der Waals surface area contributed by atoms with Crippen LogP contribution in [-0.2, 0) is 19.1 Å². The van der Waals surface area contributed by atoms with E-state index in [-0.39, 0.29) is 6.54 Å². The number of ether oxygens (including phenoxy) is 2. The van der Waals surface area contributed by atoms with Crippen LogP contribution in [0.15, 0.2) is 9.98 Å². The normalized spacial score (nSPS) is 19.3. The van der Waals surface area contributed by atoms with Gasteiger partial charge in [-0.1, -0.05) is 0 Å². The highest BCUT2D eigenvalue weighted by atomic mass is 16.8. The van der Waals surface area contributed by atoms with Gasteiger partial charge < -0.3 is 9.47 Å². The van der Waals surface area contributed by atoms with Crippen LogP contribution in [0.25, 0.3) is 0 Å². The largest absolute Gasteiger partial charge is 0.327 e. The molecule has 1 heterocycles. The van der Waals surface area contributed by atoms with E-state index in [4.69, 9.17) is 9.47 Å². The maximum Gasteiger partial charge on any atom is 0.301 e. The lowest BCUT2D eigenvalue weighted by atomic mass is 10.5. The van der Waals surface area contributed by atoms with Gasteiger partial charge in [-0.15, -0.1) is 4.99 Å². The summed E-state index contributed by atoms with van der Waals surface area (Å²) < 4.78 is 9.92. The highest BCUT2D eigenvalue weighted by Crippen LogP contribution is 2.20. The molecule has 1 aliphatic rings. The first-order valence-electron chi connectivity index (χ1n) is 3.23. The van der Waals surface area contributed by atoms with Crippen molar-refractivity contribution >= 4 is 12.2 Å². The molecule has 0 aromatic heterocycles. The summed E-state index contributed by atoms with van der Waals surface area (Å²) in [4.78, 5) is 26.2. The van der Waals surface area contributed by atoms with Gasteiger partial charge in [-0.2, -0.15) is 4.99 Å². The van der Waals surface area contributed by atoms with Crippen LogP contribution in [0.3, 0.4) is 0 Å². The van der Waals surface area contributed by atoms with Gasteiger partial charge in [0.1, 0.15) is 6.54 Å². The Morgan fingerprint density at radius 3 is 2.42 bits per heavy atom. The molecule has 1 saturated heterocycles. The van der Waals surface area contributed by atoms with Crippen LogP contribution in [-0.4, -0.2) is 37.8 Å². The Morgan fingerprint density at radius 1 is 1.25 bits per heavy atom. The van der Waals surface area contributed by atoms with Crippen LogP contribution in [0.1, 0.15) is 0 Å². The molecule has 0 unspecified atom stereocenters. The third kappa shape index (κ3) is 1.84. The smallest absolute Gasteiger partial charge is 0.301 e. The zero-order valence-electron chi connectivity index (χ0n) is 6.15. The topological polar surface area (TPSA) is 77.3 Å². The number of carbonyl (C=O) groups excluding carboxylic acids is 2. The minimum absolute atomic E-state index is 0.161. The highest BCUT2D eigenvalue weighted by molar-refractivity contribution is 5.35. The third-order valence-corrected chi connectivity index (χ3v) is 1.30. The summed E-state index contributed by atoms with van der Waals surface area (Å²) in [6.45, 7) is 0.477. The molecule has 0 saturated carbocycles. The Balaban J connectivity index is 2.70. The monoisotopic (exact) mass is 170 g/mol. The van der Waals surface area contributed by atoms with E-state index >= 15 is 0 Å². The van der Waals surface area contributed by atoms with E-state index in [0.717, 1.165) is 0 Å². The summed E-state index contributed by atoms with van der Waals surface area (Å²) >= 11 is 0. The van der Waals surface area contributed by atoms with E-state index in [0.29, 0.717) is 13.2 Å². The molecule has 0 amide bonds. The average molecular weight is 170 g/mol. The van der Waals surface area contributed by atoms with Crippen molar-refractivity contribution in [1.29, 1.82) is 0 Å². The second-order valence-electron chi connectivity index (χ2n) is 2.02. The first-order chi connectivity index (χ1) is 5.83. The van der Waals surface area contributed by atoms with Crippen LogP contribution in [0.5, 0.6) is 0 Å². The van der Waals surface area contributed by atoms with E-state index in [1.165, 1.54) is 12.2 Å². The summed E-state index contributed by atoms with van der Waals surface area (Å²) in [5.41, 5.74) is 0. The lowest BCUT2D eigenvalue weighted by Gasteiger charge is -2.16. The molecule has 0 radical (unpaired) electrons. The van der Waals surface area contributed by atoms with Gasteiger partial charge in [0, 0.05) is 0 Å². The van der Waals surface area contributed by atoms with Gasteiger partial charge in [0.25, 0.3) is 0 Å². The van der Waals surface area contributed by atoms with E-state index < -0.39 is 5.91 Å². The van der Waals surface area contributed by atoms with Crippen LogP contribution >= 0.6 is 0 Å². The van der Waals surface area contributed by atoms with Gasteiger partial charge in [0.15, 0.2) is 0 Å². The Morgan fingerprint density at radius 2 is 1.92 bits per heavy atom. The van der Waals surface area contributed by atoms with Gasteiger partial charge >= 0.3 is 5.91 Å². The van der Waals surface area contributed by atoms with Crippen molar-refractivity contribution in [2.24, 2.45) is 9.98 Å². The van der Waals surface area contributed by atoms with Gasteiger partial charge in [0.05, 0.1) is 13.2 Å². The maximum absolute atomic E-state index is 9.94. The second kappa shape index (κ2) is 3.90. The van der Waals surface area contributed by atoms with Crippen LogP contribution < -0.4 is 0 Å². The molecule has 6 nitrogen and oxygen atoms in total. The quantitative estimate of drug-likeness (QED) is 0.417. The lowest BCUT2D eigenvalue weighted by Crippen LogP contribution is -2.31. The minimum atomic E-state index is -1.43. The third-order valence-electron chi connectivity index (χ3n) is 1.30. The van der Waals surface area contributed by atoms with E-state index in [1.807, 2.05) is 0 Å². The maximum atomic E-state index is 9.94. The summed E-state index contributed by atoms with van der Waals surface area (Å²) in [6.07, 6.45) is 2.60. The zero-order valence-corrected chi connectivity index (χ0v) is 6.15. The van der Waals surface area contributed by atoms with E-state index in [9.17, 15) is 9.59 Å². The summed E-state index contributed by atoms with van der Waals surface area (Å²) in [5, 5.41) is 0. The molecule has 0 aromatic rings. The van der Waals surface area contributed by atoms with Gasteiger partial charge in [-0.05, 0) is 0 Å². The first kappa shape index (κ1) is 8.77. The molecule has 0 aromatic carbocycles. The van der Waals surface area contributed by atoms with Gasteiger partial charge in [-0.3, -0.25) is 0 Å². The fraction of sp³-hybridized carbons (Fsp3) is 0.667. The van der Waals surface area contributed by atoms with Crippen LogP contribution in [0.2, 0.25) is 0 Å². The Hall–Kier alpha value is -1.32. The molecule has 0 spiro atoms. The number of hydrogen-bond acceptors (Lipinski definition) is 6. The standard InChI is InChI=1S/C6H6N2O4/c9-4-7-3-6(8-5-10)11-1-2-12-6/h1-3H2. The van der Waals surface area contributed by atoms with Crippen LogP contribution in [0, 0.1) is 0 Å². The van der Waals surface area contributed by atoms with Crippen molar-refractivity contribution in [3.05, 3.63) is 0 Å². The van der Waals surface area contributed by atoms with Crippen molar-refractivity contribution < 1.29 is 19.1 Å². The molecule has 64 valence electrons. The first-order valence-corrected chi connectivity index (χ1v) is 3.23. The zero-order chi connectivity index (χ0) is 8.86. The lowest BCUT2D eigenvalue weighted by molar-refractivity contribution is -0.140. The molecule has 1 fully saturated rings. The molecule has 0 bridgehead atoms. The highest BCUT2D eigenvalue weighted by Gasteiger charge is 2.36. The number of nitrogens with zero attached hydrogens (tertiary/aromatic N) is 2. The van der Waals surface area contributed by atoms with Crippen molar-refractivity contribution in [3.8, 4) is 0 Å². The summed E-state index contributed by atoms with van der Waals surface area (Å²) in [6, 6.07) is 0. The molecule has 12 heavy (non-hydrogen) atoms. The predicted octanol–water partition coefficient (Wildman–Crippen LogP) is -0.641. The van der Waals surface area contributed by atoms with E-state index in [1.54, 1.807) is 0 Å². The van der Waals surface area contributed by atoms with Crippen molar-refractivity contribution in [2.45, 2.75) is 5.91 Å². The second-order valence-corrected chi connectivity index (χ2v) is 2.02.